The third-order valence-corrected chi connectivity index (χ3v) is 11.4. The molecule has 1 aliphatic carbocycles. The molecule has 13 heteroatoms. The summed E-state index contributed by atoms with van der Waals surface area (Å²) in [6.07, 6.45) is 6.52. The van der Waals surface area contributed by atoms with Gasteiger partial charge in [-0.3, -0.25) is 0 Å². The zero-order chi connectivity index (χ0) is 30.1. The lowest BCUT2D eigenvalue weighted by molar-refractivity contribution is -0.0404. The number of aryl methyl sites for hydroxylation is 1. The van der Waals surface area contributed by atoms with Crippen LogP contribution in [-0.4, -0.2) is 78.3 Å². The molecule has 1 aromatic carbocycles. The Hall–Kier alpha value is -3.16. The Kier molecular flexibility index (Phi) is 8.65. The van der Waals surface area contributed by atoms with Crippen molar-refractivity contribution in [3.05, 3.63) is 36.2 Å². The summed E-state index contributed by atoms with van der Waals surface area (Å²) in [7, 11) is -3.51. The summed E-state index contributed by atoms with van der Waals surface area (Å²) in [5.41, 5.74) is 2.32. The molecule has 1 N–H and O–H groups in total. The Bertz CT molecular complexity index is 1560. The average Bonchev–Trinajstić information content (AvgIpc) is 3.71. The maximum absolute atomic E-state index is 13.6. The van der Waals surface area contributed by atoms with Crippen LogP contribution in [0.3, 0.4) is 0 Å². The van der Waals surface area contributed by atoms with Crippen LogP contribution in [0.5, 0.6) is 0 Å². The van der Waals surface area contributed by atoms with Gasteiger partial charge in [0.1, 0.15) is 0 Å². The molecule has 1 saturated carbocycles. The summed E-state index contributed by atoms with van der Waals surface area (Å²) in [5.74, 6) is 0.654. The number of hydrogen-bond acceptors (Lipinski definition) is 10. The number of aromatic nitrogens is 3. The number of benzene rings is 1. The van der Waals surface area contributed by atoms with Crippen molar-refractivity contribution >= 4 is 43.9 Å². The first-order valence-electron chi connectivity index (χ1n) is 15.2. The highest BCUT2D eigenvalue weighted by molar-refractivity contribution is 7.92. The molecule has 11 nitrogen and oxygen atoms in total. The lowest BCUT2D eigenvalue weighted by Crippen LogP contribution is -2.36. The largest absolute Gasteiger partial charge is 0.447 e. The average molecular weight is 629 g/mol. The number of nitrogens with zero attached hydrogens (tertiary/aromatic N) is 5. The molecule has 3 fully saturated rings. The highest BCUT2D eigenvalue weighted by Gasteiger charge is 2.39. The van der Waals surface area contributed by atoms with E-state index >= 15 is 0 Å². The molecule has 1 unspecified atom stereocenters. The van der Waals surface area contributed by atoms with E-state index in [-0.39, 0.29) is 23.7 Å². The molecule has 0 radical (unpaired) electrons. The van der Waals surface area contributed by atoms with E-state index in [1.54, 1.807) is 17.2 Å². The highest BCUT2D eigenvalue weighted by Crippen LogP contribution is 2.42. The van der Waals surface area contributed by atoms with Gasteiger partial charge in [0.25, 0.3) is 0 Å². The predicted octanol–water partition coefficient (Wildman–Crippen LogP) is 5.75. The van der Waals surface area contributed by atoms with Crippen LogP contribution in [0.4, 0.5) is 21.4 Å². The molecule has 1 amide bonds. The smallest absolute Gasteiger partial charge is 0.410 e. The number of anilines is 3. The number of nitrogens with one attached hydrogen (secondary N) is 1. The van der Waals surface area contributed by atoms with Gasteiger partial charge in [0.15, 0.2) is 27.0 Å². The third kappa shape index (κ3) is 6.68. The van der Waals surface area contributed by atoms with Gasteiger partial charge in [-0.25, -0.2) is 22.9 Å². The Morgan fingerprint density at radius 3 is 2.67 bits per heavy atom. The van der Waals surface area contributed by atoms with Crippen molar-refractivity contribution in [2.24, 2.45) is 0 Å². The maximum Gasteiger partial charge on any atom is 0.410 e. The van der Waals surface area contributed by atoms with E-state index in [0.29, 0.717) is 54.4 Å². The molecule has 0 bridgehead atoms. The van der Waals surface area contributed by atoms with Crippen LogP contribution in [0.25, 0.3) is 10.4 Å². The van der Waals surface area contributed by atoms with Crippen LogP contribution in [0.1, 0.15) is 64.3 Å². The summed E-state index contributed by atoms with van der Waals surface area (Å²) in [6, 6.07) is 7.46. The topological polar surface area (TPSA) is 119 Å². The number of sulfone groups is 1. The van der Waals surface area contributed by atoms with Gasteiger partial charge >= 0.3 is 6.09 Å². The second kappa shape index (κ2) is 12.4. The zero-order valence-corrected chi connectivity index (χ0v) is 26.6. The van der Waals surface area contributed by atoms with Crippen LogP contribution in [0.2, 0.25) is 0 Å². The van der Waals surface area contributed by atoms with E-state index in [1.807, 2.05) is 43.7 Å². The van der Waals surface area contributed by atoms with Gasteiger partial charge in [0.2, 0.25) is 0 Å². The minimum Gasteiger partial charge on any atom is -0.447 e. The second-order valence-corrected chi connectivity index (χ2v) is 15.0. The SMILES string of the molecule is Cc1cc(Nc2ccc(-c3cnc(N4CCCN(C(=O)OC(C)C)CC4)s3)c(S(=O)(=O)C3CC3)c2)nn1C1CCCCO1. The van der Waals surface area contributed by atoms with E-state index < -0.39 is 9.84 Å². The molecule has 3 aliphatic rings. The Balaban J connectivity index is 1.23. The van der Waals surface area contributed by atoms with E-state index in [2.05, 4.69) is 15.2 Å². The number of carbonyl (C=O) groups is 1. The lowest BCUT2D eigenvalue weighted by Gasteiger charge is -2.23. The van der Waals surface area contributed by atoms with E-state index in [9.17, 15) is 13.2 Å². The summed E-state index contributed by atoms with van der Waals surface area (Å²) in [4.78, 5) is 22.1. The monoisotopic (exact) mass is 628 g/mol. The van der Waals surface area contributed by atoms with Gasteiger partial charge in [-0.2, -0.15) is 5.10 Å². The van der Waals surface area contributed by atoms with Gasteiger partial charge in [-0.15, -0.1) is 0 Å². The number of hydrogen-bond donors (Lipinski definition) is 1. The first kappa shape index (κ1) is 29.9. The summed E-state index contributed by atoms with van der Waals surface area (Å²) >= 11 is 1.48. The molecule has 2 aliphatic heterocycles. The van der Waals surface area contributed by atoms with Crippen molar-refractivity contribution in [1.29, 1.82) is 0 Å². The van der Waals surface area contributed by atoms with Crippen molar-refractivity contribution in [1.82, 2.24) is 19.7 Å². The fraction of sp³-hybridized carbons (Fsp3) is 0.567. The van der Waals surface area contributed by atoms with Crippen molar-refractivity contribution < 1.29 is 22.7 Å². The Labute approximate surface area is 257 Å². The second-order valence-electron chi connectivity index (χ2n) is 11.8. The summed E-state index contributed by atoms with van der Waals surface area (Å²) < 4.78 is 40.5. The first-order valence-corrected chi connectivity index (χ1v) is 17.5. The minimum absolute atomic E-state index is 0.0702. The number of ether oxygens (including phenoxy) is 2. The Morgan fingerprint density at radius 1 is 1.09 bits per heavy atom. The molecule has 0 spiro atoms. The fourth-order valence-corrected chi connectivity index (χ4v) is 8.57. The van der Waals surface area contributed by atoms with Crippen LogP contribution in [0.15, 0.2) is 35.4 Å². The molecule has 3 aromatic rings. The molecule has 6 rings (SSSR count). The number of rotatable bonds is 8. The van der Waals surface area contributed by atoms with Crippen LogP contribution >= 0.6 is 11.3 Å². The first-order chi connectivity index (χ1) is 20.7. The van der Waals surface area contributed by atoms with Gasteiger partial charge in [0.05, 0.1) is 21.1 Å². The molecule has 43 heavy (non-hydrogen) atoms. The van der Waals surface area contributed by atoms with Crippen molar-refractivity contribution in [2.45, 2.75) is 81.8 Å². The van der Waals surface area contributed by atoms with Crippen LogP contribution in [-0.2, 0) is 19.3 Å². The third-order valence-electron chi connectivity index (χ3n) is 7.99. The van der Waals surface area contributed by atoms with E-state index in [0.717, 1.165) is 54.5 Å². The molecular weight excluding hydrogens is 589 g/mol. The van der Waals surface area contributed by atoms with Gasteiger partial charge in [-0.05, 0) is 71.4 Å². The molecular formula is C30H40N6O5S2. The molecule has 2 aromatic heterocycles. The summed E-state index contributed by atoms with van der Waals surface area (Å²) in [6.45, 7) is 9.00. The molecule has 1 atom stereocenters. The van der Waals surface area contributed by atoms with Crippen LogP contribution in [0, 0.1) is 6.92 Å². The van der Waals surface area contributed by atoms with Crippen molar-refractivity contribution in [2.75, 3.05) is 43.0 Å². The normalized spacial score (nSPS) is 19.9. The maximum atomic E-state index is 13.6. The lowest BCUT2D eigenvalue weighted by atomic mass is 10.2. The fourth-order valence-electron chi connectivity index (χ4n) is 5.60. The molecule has 4 heterocycles. The summed E-state index contributed by atoms with van der Waals surface area (Å²) in [5, 5.41) is 8.53. The Morgan fingerprint density at radius 2 is 1.93 bits per heavy atom. The highest BCUT2D eigenvalue weighted by atomic mass is 32.2. The number of carbonyl (C=O) groups excluding carboxylic acids is 1. The number of amides is 1. The van der Waals surface area contributed by atoms with Gasteiger partial charge < -0.3 is 24.6 Å². The molecule has 232 valence electrons. The minimum atomic E-state index is -3.51. The van der Waals surface area contributed by atoms with Crippen LogP contribution < -0.4 is 10.2 Å². The zero-order valence-electron chi connectivity index (χ0n) is 25.0. The van der Waals surface area contributed by atoms with Crippen molar-refractivity contribution in [3.8, 4) is 10.4 Å². The van der Waals surface area contributed by atoms with E-state index in [1.165, 1.54) is 11.3 Å². The van der Waals surface area contributed by atoms with Gasteiger partial charge in [0, 0.05) is 62.0 Å². The predicted molar refractivity (Wildman–Crippen MR) is 167 cm³/mol. The molecule has 2 saturated heterocycles. The van der Waals surface area contributed by atoms with E-state index in [4.69, 9.17) is 14.6 Å². The van der Waals surface area contributed by atoms with Crippen molar-refractivity contribution in [3.63, 3.8) is 0 Å². The van der Waals surface area contributed by atoms with Gasteiger partial charge in [-0.1, -0.05) is 17.4 Å². The standard InChI is InChI=1S/C30H40N6O5S2/c1-20(2)41-30(37)35-13-6-12-34(14-15-35)29-31-19-25(42-29)24-11-8-22(18-26(24)43(38,39)23-9-10-23)32-27-17-21(3)36(33-27)28-7-4-5-16-40-28/h8,11,17-20,23,28H,4-7,9-10,12-16H2,1-3H3,(H,32,33). The number of thiazole rings is 1. The quantitative estimate of drug-likeness (QED) is 0.333.